The number of nitrogens with two attached hydrogens (primary N) is 1. The van der Waals surface area contributed by atoms with Gasteiger partial charge in [0.1, 0.15) is 11.6 Å². The maximum atomic E-state index is 14.4. The molecule has 0 saturated carbocycles. The summed E-state index contributed by atoms with van der Waals surface area (Å²) >= 11 is 0. The molecule has 2 rings (SSSR count). The molecule has 0 amide bonds. The van der Waals surface area contributed by atoms with Crippen LogP contribution in [0.5, 0.6) is 5.75 Å². The minimum Gasteiger partial charge on any atom is -0.508 e. The molecular weight excluding hydrogens is 217 g/mol. The molecule has 1 unspecified atom stereocenters. The lowest BCUT2D eigenvalue weighted by molar-refractivity contribution is 0.450. The minimum atomic E-state index is -0.218. The van der Waals surface area contributed by atoms with Gasteiger partial charge in [-0.25, -0.2) is 4.39 Å². The maximum absolute atomic E-state index is 14.4. The van der Waals surface area contributed by atoms with Gasteiger partial charge in [-0.05, 0) is 48.8 Å². The molecule has 1 aromatic carbocycles. The summed E-state index contributed by atoms with van der Waals surface area (Å²) in [6, 6.07) is 1.87. The molecule has 3 heteroatoms. The van der Waals surface area contributed by atoms with Crippen LogP contribution in [0.15, 0.2) is 6.07 Å². The number of phenolic OH excluding ortho intramolecular Hbond substituents is 1. The van der Waals surface area contributed by atoms with Gasteiger partial charge in [0.05, 0.1) is 0 Å². The van der Waals surface area contributed by atoms with Crippen LogP contribution in [-0.4, -0.2) is 11.1 Å². The minimum absolute atomic E-state index is 0.00257. The van der Waals surface area contributed by atoms with Crippen molar-refractivity contribution >= 4 is 0 Å². The van der Waals surface area contributed by atoms with Gasteiger partial charge >= 0.3 is 0 Å². The lowest BCUT2D eigenvalue weighted by Crippen LogP contribution is -2.19. The Kier molecular flexibility index (Phi) is 3.38. The Morgan fingerprint density at radius 2 is 2.00 bits per heavy atom. The van der Waals surface area contributed by atoms with Crippen LogP contribution in [0.1, 0.15) is 49.3 Å². The number of hydrogen-bond acceptors (Lipinski definition) is 2. The Morgan fingerprint density at radius 1 is 1.35 bits per heavy atom. The van der Waals surface area contributed by atoms with E-state index in [1.54, 1.807) is 6.07 Å². The Morgan fingerprint density at radius 3 is 2.65 bits per heavy atom. The molecule has 0 aliphatic heterocycles. The molecule has 0 spiro atoms. The number of benzene rings is 1. The van der Waals surface area contributed by atoms with E-state index in [0.717, 1.165) is 30.4 Å². The van der Waals surface area contributed by atoms with Crippen molar-refractivity contribution in [1.29, 1.82) is 0 Å². The van der Waals surface area contributed by atoms with Gasteiger partial charge in [-0.3, -0.25) is 0 Å². The highest BCUT2D eigenvalue weighted by Crippen LogP contribution is 2.35. The van der Waals surface area contributed by atoms with E-state index >= 15 is 0 Å². The van der Waals surface area contributed by atoms with Crippen LogP contribution in [0.3, 0.4) is 0 Å². The standard InChI is InChI=1S/C14H20FNO/c1-8(2)13-12(17)7-9-3-4-10(16)5-6-11(9)14(13)15/h7-8,10,17H,3-6,16H2,1-2H3. The monoisotopic (exact) mass is 237 g/mol. The summed E-state index contributed by atoms with van der Waals surface area (Å²) < 4.78 is 14.4. The summed E-state index contributed by atoms with van der Waals surface area (Å²) in [5.41, 5.74) is 8.05. The summed E-state index contributed by atoms with van der Waals surface area (Å²) in [5, 5.41) is 9.90. The lowest BCUT2D eigenvalue weighted by Gasteiger charge is -2.15. The van der Waals surface area contributed by atoms with Crippen LogP contribution < -0.4 is 5.73 Å². The van der Waals surface area contributed by atoms with Crippen LogP contribution in [0.4, 0.5) is 4.39 Å². The zero-order valence-electron chi connectivity index (χ0n) is 10.5. The Hall–Kier alpha value is -1.09. The fraction of sp³-hybridized carbons (Fsp3) is 0.571. The second-order valence-electron chi connectivity index (χ2n) is 5.25. The van der Waals surface area contributed by atoms with E-state index in [2.05, 4.69) is 0 Å². The summed E-state index contributed by atoms with van der Waals surface area (Å²) in [5.74, 6) is -0.131. The molecule has 3 N–H and O–H groups in total. The molecule has 0 aromatic heterocycles. The topological polar surface area (TPSA) is 46.2 Å². The normalized spacial score (nSPS) is 20.2. The molecule has 1 aliphatic carbocycles. The van der Waals surface area contributed by atoms with Crippen molar-refractivity contribution in [3.05, 3.63) is 28.6 Å². The molecular formula is C14H20FNO. The lowest BCUT2D eigenvalue weighted by atomic mass is 9.93. The molecule has 2 nitrogen and oxygen atoms in total. The number of aromatic hydroxyl groups is 1. The third-order valence-electron chi connectivity index (χ3n) is 3.60. The number of phenols is 1. The van der Waals surface area contributed by atoms with Crippen LogP contribution in [0, 0.1) is 5.82 Å². The highest BCUT2D eigenvalue weighted by atomic mass is 19.1. The number of rotatable bonds is 1. The SMILES string of the molecule is CC(C)c1c(O)cc2c(c1F)CCC(N)CC2. The molecule has 1 aliphatic rings. The van der Waals surface area contributed by atoms with Gasteiger partial charge in [-0.15, -0.1) is 0 Å². The van der Waals surface area contributed by atoms with Gasteiger partial charge < -0.3 is 10.8 Å². The van der Waals surface area contributed by atoms with Gasteiger partial charge in [0, 0.05) is 11.6 Å². The van der Waals surface area contributed by atoms with Crippen molar-refractivity contribution in [2.24, 2.45) is 5.73 Å². The van der Waals surface area contributed by atoms with Crippen molar-refractivity contribution in [3.63, 3.8) is 0 Å². The predicted octanol–water partition coefficient (Wildman–Crippen LogP) is 2.86. The first-order chi connectivity index (χ1) is 8.00. The quantitative estimate of drug-likeness (QED) is 0.738. The van der Waals surface area contributed by atoms with E-state index in [9.17, 15) is 9.50 Å². The van der Waals surface area contributed by atoms with Crippen LogP contribution in [0.25, 0.3) is 0 Å². The van der Waals surface area contributed by atoms with E-state index in [4.69, 9.17) is 5.73 Å². The Balaban J connectivity index is 2.51. The summed E-state index contributed by atoms with van der Waals surface area (Å²) in [6.07, 6.45) is 3.14. The van der Waals surface area contributed by atoms with Crippen LogP contribution >= 0.6 is 0 Å². The average molecular weight is 237 g/mol. The zero-order valence-corrected chi connectivity index (χ0v) is 10.5. The second kappa shape index (κ2) is 4.65. The fourth-order valence-electron chi connectivity index (χ4n) is 2.60. The third kappa shape index (κ3) is 2.29. The second-order valence-corrected chi connectivity index (χ2v) is 5.25. The van der Waals surface area contributed by atoms with E-state index in [1.165, 1.54) is 0 Å². The van der Waals surface area contributed by atoms with Crippen molar-refractivity contribution in [3.8, 4) is 5.75 Å². The van der Waals surface area contributed by atoms with E-state index in [-0.39, 0.29) is 23.5 Å². The van der Waals surface area contributed by atoms with Crippen molar-refractivity contribution in [1.82, 2.24) is 0 Å². The number of aryl methyl sites for hydroxylation is 1. The molecule has 0 heterocycles. The summed E-state index contributed by atoms with van der Waals surface area (Å²) in [7, 11) is 0. The molecule has 0 fully saturated rings. The highest BCUT2D eigenvalue weighted by molar-refractivity contribution is 5.45. The number of hydrogen-bond donors (Lipinski definition) is 2. The average Bonchev–Trinajstić information content (AvgIpc) is 2.41. The van der Waals surface area contributed by atoms with Gasteiger partial charge in [-0.2, -0.15) is 0 Å². The maximum Gasteiger partial charge on any atom is 0.133 e. The molecule has 0 saturated heterocycles. The Labute approximate surface area is 102 Å². The first-order valence-electron chi connectivity index (χ1n) is 6.29. The summed E-state index contributed by atoms with van der Waals surface area (Å²) in [4.78, 5) is 0. The molecule has 94 valence electrons. The van der Waals surface area contributed by atoms with E-state index in [0.29, 0.717) is 12.0 Å². The van der Waals surface area contributed by atoms with Gasteiger partial charge in [0.25, 0.3) is 0 Å². The largest absolute Gasteiger partial charge is 0.508 e. The summed E-state index contributed by atoms with van der Waals surface area (Å²) in [6.45, 7) is 3.79. The predicted molar refractivity (Wildman–Crippen MR) is 66.8 cm³/mol. The fourth-order valence-corrected chi connectivity index (χ4v) is 2.60. The molecule has 0 bridgehead atoms. The Bertz CT molecular complexity index is 429. The van der Waals surface area contributed by atoms with Crippen LogP contribution in [-0.2, 0) is 12.8 Å². The third-order valence-corrected chi connectivity index (χ3v) is 3.60. The highest BCUT2D eigenvalue weighted by Gasteiger charge is 2.22. The number of halogens is 1. The van der Waals surface area contributed by atoms with Gasteiger partial charge in [-0.1, -0.05) is 13.8 Å². The van der Waals surface area contributed by atoms with E-state index < -0.39 is 0 Å². The number of fused-ring (bicyclic) bond motifs is 1. The van der Waals surface area contributed by atoms with Crippen molar-refractivity contribution < 1.29 is 9.50 Å². The molecule has 1 aromatic rings. The van der Waals surface area contributed by atoms with Gasteiger partial charge in [0.2, 0.25) is 0 Å². The van der Waals surface area contributed by atoms with Crippen molar-refractivity contribution in [2.75, 3.05) is 0 Å². The van der Waals surface area contributed by atoms with Crippen molar-refractivity contribution in [2.45, 2.75) is 51.5 Å². The molecule has 17 heavy (non-hydrogen) atoms. The first-order valence-corrected chi connectivity index (χ1v) is 6.29. The zero-order chi connectivity index (χ0) is 12.6. The first kappa shape index (κ1) is 12.4. The van der Waals surface area contributed by atoms with E-state index in [1.807, 2.05) is 13.8 Å². The van der Waals surface area contributed by atoms with Crippen LogP contribution in [0.2, 0.25) is 0 Å². The smallest absolute Gasteiger partial charge is 0.133 e. The molecule has 0 radical (unpaired) electrons. The molecule has 1 atom stereocenters. The van der Waals surface area contributed by atoms with Gasteiger partial charge in [0.15, 0.2) is 0 Å².